The van der Waals surface area contributed by atoms with Crippen molar-refractivity contribution in [2.75, 3.05) is 13.2 Å². The fraction of sp³-hybridized carbons (Fsp3) is 0.469. The Balaban J connectivity index is 2.13. The summed E-state index contributed by atoms with van der Waals surface area (Å²) in [7, 11) is 0. The number of amides is 1. The number of allylic oxidation sites excluding steroid dienone is 2. The van der Waals surface area contributed by atoms with Crippen LogP contribution in [0.25, 0.3) is 0 Å². The molecular formula is C32H44FN3O5. The van der Waals surface area contributed by atoms with Gasteiger partial charge >= 0.3 is 5.97 Å². The summed E-state index contributed by atoms with van der Waals surface area (Å²) in [6, 6.07) is 15.0. The van der Waals surface area contributed by atoms with E-state index in [1.807, 2.05) is 48.8 Å². The zero-order chi connectivity index (χ0) is 30.3. The first-order valence-corrected chi connectivity index (χ1v) is 14.2. The summed E-state index contributed by atoms with van der Waals surface area (Å²) in [6.45, 7) is 7.58. The highest BCUT2D eigenvalue weighted by Crippen LogP contribution is 2.24. The van der Waals surface area contributed by atoms with Gasteiger partial charge in [0.05, 0.1) is 18.6 Å². The Labute approximate surface area is 242 Å². The summed E-state index contributed by atoms with van der Waals surface area (Å²) >= 11 is 0. The summed E-state index contributed by atoms with van der Waals surface area (Å²) in [5, 5.41) is 15.5. The second-order valence-corrected chi connectivity index (χ2v) is 10.5. The van der Waals surface area contributed by atoms with E-state index in [9.17, 15) is 24.0 Å². The summed E-state index contributed by atoms with van der Waals surface area (Å²) < 4.78 is 18.7. The predicted octanol–water partition coefficient (Wildman–Crippen LogP) is 4.97. The van der Waals surface area contributed by atoms with Crippen molar-refractivity contribution < 1.29 is 28.7 Å². The highest BCUT2D eigenvalue weighted by atomic mass is 19.1. The van der Waals surface area contributed by atoms with Gasteiger partial charge in [-0.15, -0.1) is 0 Å². The topological polar surface area (TPSA) is 117 Å². The fourth-order valence-corrected chi connectivity index (χ4v) is 4.35. The van der Waals surface area contributed by atoms with Gasteiger partial charge in [-0.2, -0.15) is 5.48 Å². The molecule has 2 rings (SSSR count). The molecule has 0 spiro atoms. The van der Waals surface area contributed by atoms with Crippen LogP contribution in [0.1, 0.15) is 76.8 Å². The molecule has 8 nitrogen and oxygen atoms in total. The van der Waals surface area contributed by atoms with Gasteiger partial charge in [0.15, 0.2) is 5.78 Å². The lowest BCUT2D eigenvalue weighted by Gasteiger charge is -2.26. The van der Waals surface area contributed by atoms with Gasteiger partial charge in [-0.1, -0.05) is 48.5 Å². The fourth-order valence-electron chi connectivity index (χ4n) is 4.35. The number of hydroxylamine groups is 1. The van der Waals surface area contributed by atoms with Crippen molar-refractivity contribution in [1.82, 2.24) is 16.1 Å². The van der Waals surface area contributed by atoms with Gasteiger partial charge in [-0.05, 0) is 83.1 Å². The Morgan fingerprint density at radius 1 is 1.02 bits per heavy atom. The maximum absolute atomic E-state index is 13.5. The molecule has 2 aromatic rings. The molecular weight excluding hydrogens is 525 g/mol. The van der Waals surface area contributed by atoms with E-state index < -0.39 is 29.4 Å². The Morgan fingerprint density at radius 2 is 1.71 bits per heavy atom. The Hall–Kier alpha value is -3.56. The number of hydrogen-bond donors (Lipinski definition) is 4. The largest absolute Gasteiger partial charge is 0.466 e. The van der Waals surface area contributed by atoms with Crippen LogP contribution in [0, 0.1) is 5.82 Å². The van der Waals surface area contributed by atoms with Gasteiger partial charge in [0.1, 0.15) is 11.4 Å². The number of hydrogen-bond acceptors (Lipinski definition) is 7. The molecule has 9 heteroatoms. The molecule has 224 valence electrons. The van der Waals surface area contributed by atoms with Crippen LogP contribution in [0.4, 0.5) is 4.39 Å². The third kappa shape index (κ3) is 11.4. The van der Waals surface area contributed by atoms with Crippen molar-refractivity contribution in [3.63, 3.8) is 0 Å². The van der Waals surface area contributed by atoms with E-state index in [2.05, 4.69) is 10.6 Å². The lowest BCUT2D eigenvalue weighted by Crippen LogP contribution is -2.55. The monoisotopic (exact) mass is 569 g/mol. The number of carbonyl (C=O) groups excluding carboxylic acids is 3. The number of halogens is 1. The molecule has 0 saturated heterocycles. The normalized spacial score (nSPS) is 13.3. The zero-order valence-corrected chi connectivity index (χ0v) is 24.5. The van der Waals surface area contributed by atoms with E-state index >= 15 is 0 Å². The van der Waals surface area contributed by atoms with Crippen molar-refractivity contribution >= 4 is 17.7 Å². The maximum Gasteiger partial charge on any atom is 0.313 e. The molecule has 1 unspecified atom stereocenters. The van der Waals surface area contributed by atoms with Crippen LogP contribution in [0.2, 0.25) is 0 Å². The minimum atomic E-state index is -1.25. The summed E-state index contributed by atoms with van der Waals surface area (Å²) in [5.41, 5.74) is 3.33. The average molecular weight is 570 g/mol. The number of Topliss-reactive ketones (excluding diaryl/α,β-unsaturated/α-hetero) is 1. The van der Waals surface area contributed by atoms with E-state index in [0.29, 0.717) is 37.8 Å². The molecule has 2 atom stereocenters. The van der Waals surface area contributed by atoms with Crippen LogP contribution >= 0.6 is 0 Å². The lowest BCUT2D eigenvalue weighted by atomic mass is 9.94. The summed E-state index contributed by atoms with van der Waals surface area (Å²) in [4.78, 5) is 38.8. The predicted molar refractivity (Wildman–Crippen MR) is 157 cm³/mol. The van der Waals surface area contributed by atoms with Crippen LogP contribution < -0.4 is 16.1 Å². The van der Waals surface area contributed by atoms with Crippen molar-refractivity contribution in [2.24, 2.45) is 0 Å². The van der Waals surface area contributed by atoms with E-state index in [1.54, 1.807) is 19.1 Å². The first-order chi connectivity index (χ1) is 19.6. The Kier molecular flexibility index (Phi) is 14.2. The molecule has 1 amide bonds. The number of esters is 1. The van der Waals surface area contributed by atoms with Crippen molar-refractivity contribution in [3.05, 3.63) is 83.3 Å². The molecule has 0 fully saturated rings. The number of ether oxygens (including phenoxy) is 1. The van der Waals surface area contributed by atoms with Crippen LogP contribution in [0.15, 0.2) is 66.4 Å². The highest BCUT2D eigenvalue weighted by molar-refractivity contribution is 5.92. The van der Waals surface area contributed by atoms with E-state index in [-0.39, 0.29) is 24.6 Å². The van der Waals surface area contributed by atoms with E-state index in [4.69, 9.17) is 4.74 Å². The Morgan fingerprint density at radius 3 is 2.32 bits per heavy atom. The number of nitrogens with one attached hydrogen (secondary N) is 3. The summed E-state index contributed by atoms with van der Waals surface area (Å²) in [6.07, 6.45) is 4.67. The van der Waals surface area contributed by atoms with Crippen molar-refractivity contribution in [2.45, 2.75) is 83.7 Å². The number of carbonyl (C=O) groups is 3. The zero-order valence-electron chi connectivity index (χ0n) is 24.5. The molecule has 0 aromatic heterocycles. The molecule has 4 N–H and O–H groups in total. The van der Waals surface area contributed by atoms with Crippen LogP contribution in [-0.4, -0.2) is 47.6 Å². The van der Waals surface area contributed by atoms with Crippen LogP contribution in [0.5, 0.6) is 0 Å². The molecule has 0 radical (unpaired) electrons. The first kappa shape index (κ1) is 33.6. The molecule has 0 aliphatic heterocycles. The lowest BCUT2D eigenvalue weighted by molar-refractivity contribution is -0.144. The standard InChI is InChI=1S/C32H44FN3O5/c1-5-34-26(19-21-27(30(38)41-6-2)24-15-17-25(33)18-16-24)20-22-29(37)28(35-31(39)32(3,4)36-40)14-10-13-23-11-8-7-9-12-23/h7-9,11-12,15-19,27-28,34,36,40H,5-6,10,13-14,20-22H2,1-4H3,(H,35,39)/b26-19-/t27?,28-/m1/s1. The highest BCUT2D eigenvalue weighted by Gasteiger charge is 2.30. The van der Waals surface area contributed by atoms with Gasteiger partial charge in [0.2, 0.25) is 5.91 Å². The number of aryl methyl sites for hydroxylation is 1. The van der Waals surface area contributed by atoms with Crippen LogP contribution in [0.3, 0.4) is 0 Å². The third-order valence-electron chi connectivity index (χ3n) is 6.83. The molecule has 0 aliphatic rings. The summed E-state index contributed by atoms with van der Waals surface area (Å²) in [5.74, 6) is -1.99. The van der Waals surface area contributed by atoms with E-state index in [1.165, 1.54) is 26.0 Å². The molecule has 41 heavy (non-hydrogen) atoms. The van der Waals surface area contributed by atoms with Gasteiger partial charge in [0.25, 0.3) is 0 Å². The van der Waals surface area contributed by atoms with Gasteiger partial charge < -0.3 is 20.6 Å². The van der Waals surface area contributed by atoms with E-state index in [0.717, 1.165) is 17.7 Å². The number of ketones is 1. The van der Waals surface area contributed by atoms with Gasteiger partial charge in [-0.25, -0.2) is 4.39 Å². The number of benzene rings is 2. The molecule has 0 heterocycles. The van der Waals surface area contributed by atoms with Gasteiger partial charge in [0, 0.05) is 18.7 Å². The average Bonchev–Trinajstić information content (AvgIpc) is 2.96. The van der Waals surface area contributed by atoms with Crippen LogP contribution in [-0.2, 0) is 25.5 Å². The maximum atomic E-state index is 13.5. The first-order valence-electron chi connectivity index (χ1n) is 14.2. The quantitative estimate of drug-likeness (QED) is 0.148. The second-order valence-electron chi connectivity index (χ2n) is 10.5. The van der Waals surface area contributed by atoms with Gasteiger partial charge in [-0.3, -0.25) is 14.4 Å². The van der Waals surface area contributed by atoms with Crippen molar-refractivity contribution in [3.8, 4) is 0 Å². The smallest absolute Gasteiger partial charge is 0.313 e. The molecule has 0 aliphatic carbocycles. The second kappa shape index (κ2) is 17.3. The van der Waals surface area contributed by atoms with Crippen molar-refractivity contribution in [1.29, 1.82) is 0 Å². The molecule has 0 saturated carbocycles. The third-order valence-corrected chi connectivity index (χ3v) is 6.83. The Bertz CT molecular complexity index is 1140. The SMILES string of the molecule is CCN/C(=C\CC(C(=O)OCC)c1ccc(F)cc1)CCC(=O)[C@@H](CCCc1ccccc1)NC(=O)C(C)(C)NO. The number of rotatable bonds is 18. The minimum absolute atomic E-state index is 0.121. The molecule has 2 aromatic carbocycles. The minimum Gasteiger partial charge on any atom is -0.466 e. The molecule has 0 bridgehead atoms.